The molecular formula is C19H16N2. The van der Waals surface area contributed by atoms with E-state index in [0.29, 0.717) is 0 Å². The van der Waals surface area contributed by atoms with Crippen LogP contribution >= 0.6 is 0 Å². The van der Waals surface area contributed by atoms with E-state index < -0.39 is 0 Å². The number of hydrogen-bond acceptors (Lipinski definition) is 2. The van der Waals surface area contributed by atoms with Crippen LogP contribution in [0.5, 0.6) is 0 Å². The average Bonchev–Trinajstić information content (AvgIpc) is 2.87. The van der Waals surface area contributed by atoms with Crippen molar-refractivity contribution in [3.8, 4) is 11.1 Å². The smallest absolute Gasteiger partial charge is 0.0387 e. The van der Waals surface area contributed by atoms with Crippen LogP contribution in [0.1, 0.15) is 11.1 Å². The van der Waals surface area contributed by atoms with Gasteiger partial charge in [0.25, 0.3) is 0 Å². The van der Waals surface area contributed by atoms with Crippen molar-refractivity contribution in [3.63, 3.8) is 0 Å². The van der Waals surface area contributed by atoms with Gasteiger partial charge >= 0.3 is 0 Å². The van der Waals surface area contributed by atoms with E-state index in [2.05, 4.69) is 47.8 Å². The van der Waals surface area contributed by atoms with Crippen LogP contribution in [0, 0.1) is 0 Å². The van der Waals surface area contributed by atoms with E-state index >= 15 is 0 Å². The van der Waals surface area contributed by atoms with Crippen molar-refractivity contribution in [2.45, 2.75) is 6.42 Å². The normalized spacial score (nSPS) is 11.8. The molecular weight excluding hydrogens is 256 g/mol. The lowest BCUT2D eigenvalue weighted by Crippen LogP contribution is -1.92. The third kappa shape index (κ3) is 2.15. The standard InChI is InChI=1S/C19H16N2/c20-15-5-7-16(8-6-15)21-17-9-10-19-14(12-17)11-13-3-1-2-4-18(13)19/h1-10,12,21H,11,20H2. The molecule has 0 amide bonds. The van der Waals surface area contributed by atoms with E-state index in [0.717, 1.165) is 23.5 Å². The highest BCUT2D eigenvalue weighted by Gasteiger charge is 2.17. The molecule has 0 saturated heterocycles. The average molecular weight is 272 g/mol. The van der Waals surface area contributed by atoms with Crippen molar-refractivity contribution in [1.82, 2.24) is 0 Å². The van der Waals surface area contributed by atoms with Crippen LogP contribution in [0.4, 0.5) is 17.1 Å². The largest absolute Gasteiger partial charge is 0.399 e. The molecule has 0 spiro atoms. The molecule has 3 aromatic carbocycles. The Hall–Kier alpha value is -2.74. The summed E-state index contributed by atoms with van der Waals surface area (Å²) in [7, 11) is 0. The number of nitrogens with two attached hydrogens (primary N) is 1. The Balaban J connectivity index is 1.65. The maximum atomic E-state index is 5.71. The van der Waals surface area contributed by atoms with Crippen molar-refractivity contribution in [2.24, 2.45) is 0 Å². The van der Waals surface area contributed by atoms with Gasteiger partial charge < -0.3 is 11.1 Å². The molecule has 2 nitrogen and oxygen atoms in total. The number of benzene rings is 3. The van der Waals surface area contributed by atoms with Crippen molar-refractivity contribution < 1.29 is 0 Å². The first-order chi connectivity index (χ1) is 10.3. The van der Waals surface area contributed by atoms with Crippen molar-refractivity contribution in [2.75, 3.05) is 11.1 Å². The Kier molecular flexibility index (Phi) is 2.68. The summed E-state index contributed by atoms with van der Waals surface area (Å²) in [6.07, 6.45) is 1.02. The predicted octanol–water partition coefficient (Wildman–Crippen LogP) is 4.58. The van der Waals surface area contributed by atoms with E-state index in [-0.39, 0.29) is 0 Å². The molecule has 21 heavy (non-hydrogen) atoms. The Labute approximate surface area is 124 Å². The molecule has 3 aromatic rings. The molecule has 0 atom stereocenters. The molecule has 0 saturated carbocycles. The molecule has 0 aliphatic heterocycles. The Morgan fingerprint density at radius 2 is 1.43 bits per heavy atom. The van der Waals surface area contributed by atoms with Crippen LogP contribution < -0.4 is 11.1 Å². The fourth-order valence-corrected chi connectivity index (χ4v) is 2.96. The summed E-state index contributed by atoms with van der Waals surface area (Å²) in [5, 5.41) is 3.43. The Morgan fingerprint density at radius 3 is 2.29 bits per heavy atom. The second kappa shape index (κ2) is 4.67. The summed E-state index contributed by atoms with van der Waals surface area (Å²) < 4.78 is 0. The van der Waals surface area contributed by atoms with Crippen LogP contribution in [0.3, 0.4) is 0 Å². The van der Waals surface area contributed by atoms with Crippen LogP contribution in [-0.4, -0.2) is 0 Å². The van der Waals surface area contributed by atoms with Crippen molar-refractivity contribution >= 4 is 17.1 Å². The SMILES string of the molecule is Nc1ccc(Nc2ccc3c(c2)Cc2ccccc2-3)cc1. The zero-order chi connectivity index (χ0) is 14.2. The molecule has 0 unspecified atom stereocenters. The maximum absolute atomic E-state index is 5.71. The molecule has 0 bridgehead atoms. The second-order valence-corrected chi connectivity index (χ2v) is 5.45. The fourth-order valence-electron chi connectivity index (χ4n) is 2.96. The fraction of sp³-hybridized carbons (Fsp3) is 0.0526. The summed E-state index contributed by atoms with van der Waals surface area (Å²) in [5.74, 6) is 0. The summed E-state index contributed by atoms with van der Waals surface area (Å²) in [6.45, 7) is 0. The van der Waals surface area contributed by atoms with Gasteiger partial charge in [0.2, 0.25) is 0 Å². The van der Waals surface area contributed by atoms with E-state index in [1.165, 1.54) is 22.3 Å². The monoisotopic (exact) mass is 272 g/mol. The van der Waals surface area contributed by atoms with E-state index in [1.807, 2.05) is 24.3 Å². The van der Waals surface area contributed by atoms with Gasteiger partial charge in [-0.05, 0) is 65.1 Å². The number of rotatable bonds is 2. The van der Waals surface area contributed by atoms with E-state index in [9.17, 15) is 0 Å². The Morgan fingerprint density at radius 1 is 0.714 bits per heavy atom. The maximum Gasteiger partial charge on any atom is 0.0387 e. The van der Waals surface area contributed by atoms with E-state index in [4.69, 9.17) is 5.73 Å². The number of hydrogen-bond donors (Lipinski definition) is 2. The zero-order valence-corrected chi connectivity index (χ0v) is 11.6. The first kappa shape index (κ1) is 12.0. The summed E-state index contributed by atoms with van der Waals surface area (Å²) in [4.78, 5) is 0. The van der Waals surface area contributed by atoms with Gasteiger partial charge in [0.05, 0.1) is 0 Å². The number of nitrogens with one attached hydrogen (secondary N) is 1. The van der Waals surface area contributed by atoms with Gasteiger partial charge in [-0.3, -0.25) is 0 Å². The van der Waals surface area contributed by atoms with Gasteiger partial charge in [-0.2, -0.15) is 0 Å². The first-order valence-corrected chi connectivity index (χ1v) is 7.13. The van der Waals surface area contributed by atoms with Crippen LogP contribution in [0.2, 0.25) is 0 Å². The first-order valence-electron chi connectivity index (χ1n) is 7.13. The van der Waals surface area contributed by atoms with Gasteiger partial charge in [0.15, 0.2) is 0 Å². The molecule has 0 heterocycles. The molecule has 2 heteroatoms. The van der Waals surface area contributed by atoms with Crippen molar-refractivity contribution in [1.29, 1.82) is 0 Å². The van der Waals surface area contributed by atoms with Crippen LogP contribution in [0.25, 0.3) is 11.1 Å². The molecule has 1 aliphatic rings. The molecule has 0 radical (unpaired) electrons. The topological polar surface area (TPSA) is 38.0 Å². The molecule has 0 fully saturated rings. The van der Waals surface area contributed by atoms with Crippen LogP contribution in [0.15, 0.2) is 66.7 Å². The lowest BCUT2D eigenvalue weighted by atomic mass is 10.1. The van der Waals surface area contributed by atoms with Gasteiger partial charge in [-0.15, -0.1) is 0 Å². The predicted molar refractivity (Wildman–Crippen MR) is 88.8 cm³/mol. The highest BCUT2D eigenvalue weighted by atomic mass is 14.9. The minimum Gasteiger partial charge on any atom is -0.399 e. The zero-order valence-electron chi connectivity index (χ0n) is 11.6. The minimum absolute atomic E-state index is 0.782. The lowest BCUT2D eigenvalue weighted by Gasteiger charge is -2.09. The van der Waals surface area contributed by atoms with Crippen molar-refractivity contribution in [3.05, 3.63) is 77.9 Å². The van der Waals surface area contributed by atoms with E-state index in [1.54, 1.807) is 0 Å². The van der Waals surface area contributed by atoms with Gasteiger partial charge in [-0.25, -0.2) is 0 Å². The number of nitrogen functional groups attached to an aromatic ring is 1. The molecule has 4 rings (SSSR count). The second-order valence-electron chi connectivity index (χ2n) is 5.45. The highest BCUT2D eigenvalue weighted by molar-refractivity contribution is 5.79. The van der Waals surface area contributed by atoms with Gasteiger partial charge in [0.1, 0.15) is 0 Å². The quantitative estimate of drug-likeness (QED) is 0.524. The number of fused-ring (bicyclic) bond motifs is 3. The van der Waals surface area contributed by atoms with Crippen LogP contribution in [-0.2, 0) is 6.42 Å². The summed E-state index contributed by atoms with van der Waals surface area (Å²) >= 11 is 0. The highest BCUT2D eigenvalue weighted by Crippen LogP contribution is 2.37. The molecule has 0 aromatic heterocycles. The minimum atomic E-state index is 0.782. The molecule has 3 N–H and O–H groups in total. The Bertz CT molecular complexity index is 804. The summed E-state index contributed by atoms with van der Waals surface area (Å²) in [6, 6.07) is 23.0. The lowest BCUT2D eigenvalue weighted by molar-refractivity contribution is 1.26. The van der Waals surface area contributed by atoms with Gasteiger partial charge in [0, 0.05) is 17.1 Å². The third-order valence-electron chi connectivity index (χ3n) is 3.99. The summed E-state index contributed by atoms with van der Waals surface area (Å²) in [5.41, 5.74) is 14.2. The van der Waals surface area contributed by atoms with Gasteiger partial charge in [-0.1, -0.05) is 30.3 Å². The number of anilines is 3. The molecule has 1 aliphatic carbocycles. The third-order valence-corrected chi connectivity index (χ3v) is 3.99. The molecule has 102 valence electrons.